The van der Waals surface area contributed by atoms with Crippen molar-refractivity contribution in [2.75, 3.05) is 13.2 Å². The zero-order chi connectivity index (χ0) is 14.8. The third-order valence-electron chi connectivity index (χ3n) is 4.72. The Morgan fingerprint density at radius 1 is 1.57 bits per heavy atom. The molecule has 4 atom stereocenters. The van der Waals surface area contributed by atoms with Gasteiger partial charge in [-0.15, -0.1) is 11.3 Å². The highest BCUT2D eigenvalue weighted by molar-refractivity contribution is 7.10. The van der Waals surface area contributed by atoms with Gasteiger partial charge in [0.05, 0.1) is 18.1 Å². The van der Waals surface area contributed by atoms with Gasteiger partial charge in [0.1, 0.15) is 0 Å². The summed E-state index contributed by atoms with van der Waals surface area (Å²) in [6, 6.07) is 4.09. The fraction of sp³-hybridized carbons (Fsp3) is 0.688. The van der Waals surface area contributed by atoms with Crippen LogP contribution in [0.15, 0.2) is 17.5 Å². The average molecular weight is 309 g/mol. The van der Waals surface area contributed by atoms with Crippen molar-refractivity contribution in [3.05, 3.63) is 22.4 Å². The van der Waals surface area contributed by atoms with Gasteiger partial charge in [-0.25, -0.2) is 0 Å². The van der Waals surface area contributed by atoms with Crippen molar-refractivity contribution >= 4 is 17.2 Å². The number of amides is 1. The molecule has 0 bridgehead atoms. The summed E-state index contributed by atoms with van der Waals surface area (Å²) in [5.41, 5.74) is 0. The van der Waals surface area contributed by atoms with Crippen LogP contribution in [-0.4, -0.2) is 41.2 Å². The van der Waals surface area contributed by atoms with E-state index < -0.39 is 6.10 Å². The Hall–Kier alpha value is -0.910. The summed E-state index contributed by atoms with van der Waals surface area (Å²) in [5.74, 6) is 0.227. The molecule has 0 saturated carbocycles. The van der Waals surface area contributed by atoms with E-state index in [0.29, 0.717) is 13.0 Å². The van der Waals surface area contributed by atoms with Gasteiger partial charge in [0.25, 0.3) is 0 Å². The SMILES string of the molecule is CC1OCCC1C(=O)N1CCCC1CC(O)c1cccs1. The minimum Gasteiger partial charge on any atom is -0.387 e. The summed E-state index contributed by atoms with van der Waals surface area (Å²) in [6.45, 7) is 3.50. The Kier molecular flexibility index (Phi) is 4.62. The largest absolute Gasteiger partial charge is 0.387 e. The number of nitrogens with zero attached hydrogens (tertiary/aromatic N) is 1. The standard InChI is InChI=1S/C16H23NO3S/c1-11-13(6-8-20-11)16(19)17-7-2-4-12(17)10-14(18)15-5-3-9-21-15/h3,5,9,11-14,18H,2,4,6-8,10H2,1H3. The number of hydrogen-bond acceptors (Lipinski definition) is 4. The lowest BCUT2D eigenvalue weighted by Crippen LogP contribution is -2.42. The predicted molar refractivity (Wildman–Crippen MR) is 82.2 cm³/mol. The van der Waals surface area contributed by atoms with Gasteiger partial charge in [0.2, 0.25) is 5.91 Å². The molecule has 0 radical (unpaired) electrons. The summed E-state index contributed by atoms with van der Waals surface area (Å²) in [5, 5.41) is 12.3. The maximum absolute atomic E-state index is 12.7. The van der Waals surface area contributed by atoms with E-state index in [1.54, 1.807) is 11.3 Å². The average Bonchev–Trinajstić information content (AvgIpc) is 3.19. The van der Waals surface area contributed by atoms with Gasteiger partial charge >= 0.3 is 0 Å². The Morgan fingerprint density at radius 3 is 3.10 bits per heavy atom. The van der Waals surface area contributed by atoms with Crippen molar-refractivity contribution in [1.29, 1.82) is 0 Å². The van der Waals surface area contributed by atoms with E-state index in [4.69, 9.17) is 4.74 Å². The van der Waals surface area contributed by atoms with E-state index in [1.807, 2.05) is 29.3 Å². The number of carbonyl (C=O) groups excluding carboxylic acids is 1. The van der Waals surface area contributed by atoms with Crippen LogP contribution in [0.4, 0.5) is 0 Å². The van der Waals surface area contributed by atoms with Crippen molar-refractivity contribution in [3.63, 3.8) is 0 Å². The van der Waals surface area contributed by atoms with E-state index in [0.717, 1.165) is 30.7 Å². The summed E-state index contributed by atoms with van der Waals surface area (Å²) < 4.78 is 5.53. The fourth-order valence-corrected chi connectivity index (χ4v) is 4.22. The van der Waals surface area contributed by atoms with Crippen LogP contribution in [-0.2, 0) is 9.53 Å². The number of thiophene rings is 1. The van der Waals surface area contributed by atoms with Crippen molar-refractivity contribution in [2.24, 2.45) is 5.92 Å². The first-order valence-corrected chi connectivity index (χ1v) is 8.68. The second-order valence-electron chi connectivity index (χ2n) is 6.07. The van der Waals surface area contributed by atoms with Gasteiger partial charge < -0.3 is 14.7 Å². The van der Waals surface area contributed by atoms with Gasteiger partial charge in [0, 0.05) is 24.1 Å². The van der Waals surface area contributed by atoms with Crippen LogP contribution >= 0.6 is 11.3 Å². The number of aliphatic hydroxyl groups is 1. The van der Waals surface area contributed by atoms with Gasteiger partial charge in [-0.05, 0) is 44.1 Å². The second kappa shape index (κ2) is 6.46. The quantitative estimate of drug-likeness (QED) is 0.930. The maximum atomic E-state index is 12.7. The molecule has 0 aromatic carbocycles. The third kappa shape index (κ3) is 3.15. The van der Waals surface area contributed by atoms with Crippen LogP contribution < -0.4 is 0 Å². The van der Waals surface area contributed by atoms with Crippen LogP contribution in [0.2, 0.25) is 0 Å². The number of carbonyl (C=O) groups is 1. The molecule has 1 aromatic heterocycles. The predicted octanol–water partition coefficient (Wildman–Crippen LogP) is 2.59. The fourth-order valence-electron chi connectivity index (χ4n) is 3.49. The zero-order valence-corrected chi connectivity index (χ0v) is 13.2. The molecule has 2 saturated heterocycles. The van der Waals surface area contributed by atoms with E-state index in [1.165, 1.54) is 0 Å². The summed E-state index contributed by atoms with van der Waals surface area (Å²) in [6.07, 6.45) is 3.08. The topological polar surface area (TPSA) is 49.8 Å². The zero-order valence-electron chi connectivity index (χ0n) is 12.4. The summed E-state index contributed by atoms with van der Waals surface area (Å²) >= 11 is 1.58. The van der Waals surface area contributed by atoms with Crippen molar-refractivity contribution < 1.29 is 14.6 Å². The molecule has 4 unspecified atom stereocenters. The van der Waals surface area contributed by atoms with Gasteiger partial charge in [-0.3, -0.25) is 4.79 Å². The van der Waals surface area contributed by atoms with Crippen LogP contribution in [0.25, 0.3) is 0 Å². The molecule has 0 aliphatic carbocycles. The molecular formula is C16H23NO3S. The first-order chi connectivity index (χ1) is 10.2. The molecule has 3 heterocycles. The lowest BCUT2D eigenvalue weighted by Gasteiger charge is -2.29. The minimum atomic E-state index is -0.458. The first kappa shape index (κ1) is 15.0. The maximum Gasteiger partial charge on any atom is 0.228 e. The lowest BCUT2D eigenvalue weighted by atomic mass is 9.99. The third-order valence-corrected chi connectivity index (χ3v) is 5.69. The number of hydrogen-bond donors (Lipinski definition) is 1. The molecule has 2 fully saturated rings. The molecule has 1 amide bonds. The number of likely N-dealkylation sites (tertiary alicyclic amines) is 1. The second-order valence-corrected chi connectivity index (χ2v) is 7.04. The molecule has 1 N–H and O–H groups in total. The van der Waals surface area contributed by atoms with Gasteiger partial charge in [-0.2, -0.15) is 0 Å². The molecule has 0 spiro atoms. The Balaban J connectivity index is 1.63. The van der Waals surface area contributed by atoms with Crippen molar-refractivity contribution in [2.45, 2.75) is 50.9 Å². The van der Waals surface area contributed by atoms with Crippen molar-refractivity contribution in [3.8, 4) is 0 Å². The Bertz CT molecular complexity index is 476. The molecule has 5 heteroatoms. The molecule has 3 rings (SSSR count). The number of aliphatic hydroxyl groups excluding tert-OH is 1. The Morgan fingerprint density at radius 2 is 2.43 bits per heavy atom. The monoisotopic (exact) mass is 309 g/mol. The molecule has 21 heavy (non-hydrogen) atoms. The highest BCUT2D eigenvalue weighted by atomic mass is 32.1. The molecule has 2 aliphatic rings. The normalized spacial score (nSPS) is 30.8. The van der Waals surface area contributed by atoms with Gasteiger partial charge in [-0.1, -0.05) is 6.07 Å². The molecular weight excluding hydrogens is 286 g/mol. The number of ether oxygens (including phenoxy) is 1. The number of rotatable bonds is 4. The van der Waals surface area contributed by atoms with Crippen LogP contribution in [0.3, 0.4) is 0 Å². The summed E-state index contributed by atoms with van der Waals surface area (Å²) in [4.78, 5) is 15.7. The van der Waals surface area contributed by atoms with Crippen molar-refractivity contribution in [1.82, 2.24) is 4.90 Å². The van der Waals surface area contributed by atoms with Crippen LogP contribution in [0, 0.1) is 5.92 Å². The molecule has 4 nitrogen and oxygen atoms in total. The Labute approximate surface area is 129 Å². The van der Waals surface area contributed by atoms with E-state index >= 15 is 0 Å². The highest BCUT2D eigenvalue weighted by Crippen LogP contribution is 2.32. The van der Waals surface area contributed by atoms with Gasteiger partial charge in [0.15, 0.2) is 0 Å². The first-order valence-electron chi connectivity index (χ1n) is 7.80. The smallest absolute Gasteiger partial charge is 0.228 e. The van der Waals surface area contributed by atoms with Crippen LogP contribution in [0.5, 0.6) is 0 Å². The van der Waals surface area contributed by atoms with E-state index in [9.17, 15) is 9.90 Å². The molecule has 116 valence electrons. The summed E-state index contributed by atoms with van der Waals surface area (Å²) in [7, 11) is 0. The minimum absolute atomic E-state index is 0.00415. The van der Waals surface area contributed by atoms with E-state index in [-0.39, 0.29) is 24.0 Å². The highest BCUT2D eigenvalue weighted by Gasteiger charge is 2.38. The van der Waals surface area contributed by atoms with Crippen LogP contribution in [0.1, 0.15) is 43.6 Å². The van der Waals surface area contributed by atoms with E-state index in [2.05, 4.69) is 0 Å². The molecule has 2 aliphatic heterocycles. The molecule has 1 aromatic rings. The lowest BCUT2D eigenvalue weighted by molar-refractivity contribution is -0.138.